The van der Waals surface area contributed by atoms with Crippen LogP contribution in [-0.4, -0.2) is 23.2 Å². The van der Waals surface area contributed by atoms with Crippen LogP contribution in [0.15, 0.2) is 12.1 Å². The van der Waals surface area contributed by atoms with Crippen molar-refractivity contribution in [3.8, 4) is 5.75 Å². The van der Waals surface area contributed by atoms with Crippen LogP contribution in [0.25, 0.3) is 0 Å². The number of carboxylic acid groups (broad SMARTS) is 1. The van der Waals surface area contributed by atoms with E-state index in [9.17, 15) is 14.2 Å². The van der Waals surface area contributed by atoms with Crippen molar-refractivity contribution < 1.29 is 24.0 Å². The molecule has 1 fully saturated rings. The van der Waals surface area contributed by atoms with E-state index in [0.29, 0.717) is 5.56 Å². The van der Waals surface area contributed by atoms with Crippen molar-refractivity contribution in [1.82, 2.24) is 0 Å². The second kappa shape index (κ2) is 2.98. The summed E-state index contributed by atoms with van der Waals surface area (Å²) in [5.41, 5.74) is 0.205. The minimum atomic E-state index is -1.37. The highest BCUT2D eigenvalue weighted by molar-refractivity contribution is 6.48. The highest BCUT2D eigenvalue weighted by atomic mass is 19.1. The van der Waals surface area contributed by atoms with Gasteiger partial charge in [0.2, 0.25) is 0 Å². The predicted octanol–water partition coefficient (Wildman–Crippen LogP) is 1.25. The molecule has 16 heavy (non-hydrogen) atoms. The molecular weight excluding hydrogens is 214 g/mol. The number of benzene rings is 1. The zero-order valence-electron chi connectivity index (χ0n) is 8.18. The lowest BCUT2D eigenvalue weighted by Crippen LogP contribution is -2.27. The zero-order valence-corrected chi connectivity index (χ0v) is 8.18. The zero-order chi connectivity index (χ0) is 11.4. The normalized spacial score (nSPS) is 25.5. The number of carbonyl (C=O) groups is 1. The number of halogens is 1. The predicted molar refractivity (Wildman–Crippen MR) is 53.1 cm³/mol. The maximum absolute atomic E-state index is 13.4. The second-order valence-corrected chi connectivity index (χ2v) is 4.16. The van der Waals surface area contributed by atoms with Gasteiger partial charge in [-0.05, 0) is 24.0 Å². The summed E-state index contributed by atoms with van der Waals surface area (Å²) in [6.07, 6.45) is 0.763. The Morgan fingerprint density at radius 3 is 3.00 bits per heavy atom. The molecule has 1 saturated carbocycles. The van der Waals surface area contributed by atoms with Gasteiger partial charge in [-0.25, -0.2) is 9.18 Å². The van der Waals surface area contributed by atoms with Gasteiger partial charge in [-0.1, -0.05) is 6.07 Å². The standard InChI is InChI=1S/C10H8BFO4/c12-7-2-1-4-5-3-6(5)11(15)16-9(4)8(7)10(13)14/h1-2,5-6,15H,3H2,(H,13,14)/t5-,6-/m1/s1. The molecule has 1 aromatic carbocycles. The van der Waals surface area contributed by atoms with Crippen LogP contribution < -0.4 is 4.65 Å². The molecule has 0 radical (unpaired) electrons. The van der Waals surface area contributed by atoms with Crippen molar-refractivity contribution in [1.29, 1.82) is 0 Å². The number of fused-ring (bicyclic) bond motifs is 3. The molecule has 82 valence electrons. The third kappa shape index (κ3) is 1.16. The van der Waals surface area contributed by atoms with Gasteiger partial charge in [-0.2, -0.15) is 0 Å². The maximum Gasteiger partial charge on any atom is 0.526 e. The van der Waals surface area contributed by atoms with Crippen LogP contribution in [0, 0.1) is 5.82 Å². The van der Waals surface area contributed by atoms with Gasteiger partial charge in [0, 0.05) is 5.82 Å². The smallest absolute Gasteiger partial charge is 0.526 e. The Hall–Kier alpha value is -1.56. The Bertz CT molecular complexity index is 490. The van der Waals surface area contributed by atoms with Crippen LogP contribution in [0.1, 0.15) is 28.3 Å². The summed E-state index contributed by atoms with van der Waals surface area (Å²) in [5.74, 6) is -2.09. The minimum absolute atomic E-state index is 0.0150. The lowest BCUT2D eigenvalue weighted by atomic mass is 9.77. The molecule has 0 bridgehead atoms. The molecule has 4 nitrogen and oxygen atoms in total. The van der Waals surface area contributed by atoms with Crippen molar-refractivity contribution in [3.63, 3.8) is 0 Å². The molecule has 2 aliphatic rings. The summed E-state index contributed by atoms with van der Waals surface area (Å²) in [7, 11) is -1.02. The summed E-state index contributed by atoms with van der Waals surface area (Å²) in [5, 5.41) is 18.4. The van der Waals surface area contributed by atoms with Crippen LogP contribution in [0.5, 0.6) is 5.75 Å². The van der Waals surface area contributed by atoms with Gasteiger partial charge in [0.15, 0.2) is 0 Å². The van der Waals surface area contributed by atoms with Crippen LogP contribution in [-0.2, 0) is 0 Å². The van der Waals surface area contributed by atoms with E-state index < -0.39 is 24.5 Å². The van der Waals surface area contributed by atoms with Crippen molar-refractivity contribution in [2.24, 2.45) is 0 Å². The fraction of sp³-hybridized carbons (Fsp3) is 0.300. The van der Waals surface area contributed by atoms with Crippen molar-refractivity contribution in [2.45, 2.75) is 18.2 Å². The van der Waals surface area contributed by atoms with E-state index in [0.717, 1.165) is 12.5 Å². The molecule has 3 rings (SSSR count). The largest absolute Gasteiger partial charge is 0.535 e. The molecule has 2 atom stereocenters. The van der Waals surface area contributed by atoms with E-state index in [4.69, 9.17) is 9.76 Å². The van der Waals surface area contributed by atoms with Crippen molar-refractivity contribution >= 4 is 13.1 Å². The Balaban J connectivity index is 2.19. The van der Waals surface area contributed by atoms with Crippen molar-refractivity contribution in [2.75, 3.05) is 0 Å². The summed E-state index contributed by atoms with van der Waals surface area (Å²) in [6.45, 7) is 0. The molecule has 6 heteroatoms. The number of carboxylic acids is 1. The lowest BCUT2D eigenvalue weighted by molar-refractivity contribution is 0.0689. The number of hydrogen-bond acceptors (Lipinski definition) is 3. The van der Waals surface area contributed by atoms with Crippen molar-refractivity contribution in [3.05, 3.63) is 29.1 Å². The van der Waals surface area contributed by atoms with E-state index in [2.05, 4.69) is 0 Å². The minimum Gasteiger partial charge on any atom is -0.535 e. The van der Waals surface area contributed by atoms with Gasteiger partial charge in [0.25, 0.3) is 0 Å². The van der Waals surface area contributed by atoms with Gasteiger partial charge in [-0.15, -0.1) is 0 Å². The monoisotopic (exact) mass is 222 g/mol. The Kier molecular flexibility index (Phi) is 1.80. The first kappa shape index (κ1) is 9.66. The molecule has 0 saturated heterocycles. The molecule has 1 heterocycles. The number of aromatic carboxylic acids is 1. The molecular formula is C10H8BFO4. The van der Waals surface area contributed by atoms with Gasteiger partial charge in [-0.3, -0.25) is 0 Å². The van der Waals surface area contributed by atoms with Gasteiger partial charge >= 0.3 is 13.1 Å². The Morgan fingerprint density at radius 1 is 1.56 bits per heavy atom. The molecule has 1 aliphatic heterocycles. The van der Waals surface area contributed by atoms with Crippen LogP contribution in [0.2, 0.25) is 5.82 Å². The third-order valence-electron chi connectivity index (χ3n) is 3.20. The summed E-state index contributed by atoms with van der Waals surface area (Å²) in [4.78, 5) is 10.9. The molecule has 0 spiro atoms. The maximum atomic E-state index is 13.4. The highest BCUT2D eigenvalue weighted by Gasteiger charge is 2.54. The molecule has 0 amide bonds. The van der Waals surface area contributed by atoms with Crippen LogP contribution >= 0.6 is 0 Å². The van der Waals surface area contributed by atoms with E-state index in [1.165, 1.54) is 6.07 Å². The molecule has 2 N–H and O–H groups in total. The first-order chi connectivity index (χ1) is 7.59. The van der Waals surface area contributed by atoms with Crippen LogP contribution in [0.4, 0.5) is 4.39 Å². The summed E-state index contributed by atoms with van der Waals surface area (Å²) >= 11 is 0. The number of rotatable bonds is 1. The van der Waals surface area contributed by atoms with E-state index in [1.807, 2.05) is 0 Å². The van der Waals surface area contributed by atoms with Gasteiger partial charge < -0.3 is 14.8 Å². The highest BCUT2D eigenvalue weighted by Crippen LogP contribution is 2.60. The van der Waals surface area contributed by atoms with E-state index in [-0.39, 0.29) is 17.5 Å². The molecule has 0 aromatic heterocycles. The molecule has 1 aromatic rings. The SMILES string of the molecule is O=C(O)c1c(F)ccc2c1OB(O)[C@@H]1C[C@H]21. The fourth-order valence-electron chi connectivity index (χ4n) is 2.29. The Labute approximate surface area is 90.8 Å². The molecule has 1 aliphatic carbocycles. The average Bonchev–Trinajstić information content (AvgIpc) is 2.96. The van der Waals surface area contributed by atoms with E-state index >= 15 is 0 Å². The van der Waals surface area contributed by atoms with Gasteiger partial charge in [0.1, 0.15) is 17.1 Å². The fourth-order valence-corrected chi connectivity index (χ4v) is 2.29. The first-order valence-corrected chi connectivity index (χ1v) is 5.00. The van der Waals surface area contributed by atoms with Gasteiger partial charge in [0.05, 0.1) is 0 Å². The quantitative estimate of drug-likeness (QED) is 0.701. The van der Waals surface area contributed by atoms with E-state index in [1.54, 1.807) is 0 Å². The third-order valence-corrected chi connectivity index (χ3v) is 3.20. The second-order valence-electron chi connectivity index (χ2n) is 4.16. The summed E-state index contributed by atoms with van der Waals surface area (Å²) < 4.78 is 18.4. The average molecular weight is 222 g/mol. The first-order valence-electron chi connectivity index (χ1n) is 5.00. The Morgan fingerprint density at radius 2 is 2.31 bits per heavy atom. The summed E-state index contributed by atoms with van der Waals surface area (Å²) in [6, 6.07) is 2.67. The number of hydrogen-bond donors (Lipinski definition) is 2. The molecule has 0 unspecified atom stereocenters. The van der Waals surface area contributed by atoms with Crippen LogP contribution in [0.3, 0.4) is 0 Å². The topological polar surface area (TPSA) is 66.8 Å². The lowest BCUT2D eigenvalue weighted by Gasteiger charge is -2.21.